The van der Waals surface area contributed by atoms with Gasteiger partial charge in [0.25, 0.3) is 0 Å². The third-order valence-corrected chi connectivity index (χ3v) is 4.74. The highest BCUT2D eigenvalue weighted by atomic mass is 19.4. The fourth-order valence-electron chi connectivity index (χ4n) is 3.15. The van der Waals surface area contributed by atoms with Gasteiger partial charge in [0.1, 0.15) is 0 Å². The highest BCUT2D eigenvalue weighted by Crippen LogP contribution is 2.50. The SMILES string of the molecule is COCc1cc(NC(=O)C2(c3cccc(C(F)(F)F)c3)CC2)cc(C(=O)O)c1. The second-order valence-electron chi connectivity index (χ2n) is 6.77. The van der Waals surface area contributed by atoms with Crippen molar-refractivity contribution in [2.45, 2.75) is 31.0 Å². The summed E-state index contributed by atoms with van der Waals surface area (Å²) in [5, 5.41) is 11.9. The zero-order valence-corrected chi connectivity index (χ0v) is 15.0. The first-order chi connectivity index (χ1) is 13.2. The Kier molecular flexibility index (Phi) is 5.16. The topological polar surface area (TPSA) is 75.6 Å². The molecule has 0 aliphatic heterocycles. The summed E-state index contributed by atoms with van der Waals surface area (Å²) in [5.74, 6) is -1.62. The number of benzene rings is 2. The van der Waals surface area contributed by atoms with Gasteiger partial charge in [0.05, 0.1) is 23.1 Å². The second kappa shape index (κ2) is 7.27. The molecule has 2 N–H and O–H groups in total. The van der Waals surface area contributed by atoms with Gasteiger partial charge in [0.15, 0.2) is 0 Å². The molecular formula is C20H18F3NO4. The van der Waals surface area contributed by atoms with Crippen LogP contribution in [0.25, 0.3) is 0 Å². The summed E-state index contributed by atoms with van der Waals surface area (Å²) >= 11 is 0. The van der Waals surface area contributed by atoms with Crippen molar-refractivity contribution in [3.8, 4) is 0 Å². The van der Waals surface area contributed by atoms with Gasteiger partial charge in [-0.15, -0.1) is 0 Å². The smallest absolute Gasteiger partial charge is 0.416 e. The van der Waals surface area contributed by atoms with E-state index in [4.69, 9.17) is 4.74 Å². The highest BCUT2D eigenvalue weighted by Gasteiger charge is 2.51. The summed E-state index contributed by atoms with van der Waals surface area (Å²) in [7, 11) is 1.46. The van der Waals surface area contributed by atoms with Crippen molar-refractivity contribution in [3.63, 3.8) is 0 Å². The maximum absolute atomic E-state index is 13.0. The minimum Gasteiger partial charge on any atom is -0.478 e. The van der Waals surface area contributed by atoms with Crippen LogP contribution in [0.1, 0.15) is 39.9 Å². The summed E-state index contributed by atoms with van der Waals surface area (Å²) in [4.78, 5) is 24.1. The molecule has 28 heavy (non-hydrogen) atoms. The van der Waals surface area contributed by atoms with E-state index in [0.29, 0.717) is 24.0 Å². The third kappa shape index (κ3) is 4.01. The number of halogens is 3. The van der Waals surface area contributed by atoms with Crippen LogP contribution in [-0.4, -0.2) is 24.1 Å². The van der Waals surface area contributed by atoms with Crippen molar-refractivity contribution in [1.29, 1.82) is 0 Å². The van der Waals surface area contributed by atoms with Gasteiger partial charge in [-0.2, -0.15) is 13.2 Å². The largest absolute Gasteiger partial charge is 0.478 e. The number of methoxy groups -OCH3 is 1. The van der Waals surface area contributed by atoms with E-state index in [0.717, 1.165) is 12.1 Å². The van der Waals surface area contributed by atoms with Crippen molar-refractivity contribution < 1.29 is 32.6 Å². The Balaban J connectivity index is 1.88. The summed E-state index contributed by atoms with van der Waals surface area (Å²) in [6.45, 7) is 0.156. The molecule has 1 fully saturated rings. The molecule has 2 aromatic rings. The minimum atomic E-state index is -4.49. The molecule has 3 rings (SSSR count). The number of carbonyl (C=O) groups excluding carboxylic acids is 1. The van der Waals surface area contributed by atoms with Crippen molar-refractivity contribution in [3.05, 3.63) is 64.7 Å². The van der Waals surface area contributed by atoms with E-state index in [-0.39, 0.29) is 17.9 Å². The molecule has 2 aromatic carbocycles. The van der Waals surface area contributed by atoms with Gasteiger partial charge in [-0.05, 0) is 48.2 Å². The van der Waals surface area contributed by atoms with E-state index in [1.807, 2.05) is 0 Å². The Morgan fingerprint density at radius 2 is 1.89 bits per heavy atom. The molecule has 0 unspecified atom stereocenters. The van der Waals surface area contributed by atoms with Crippen LogP contribution in [0.15, 0.2) is 42.5 Å². The standard InChI is InChI=1S/C20H18F3NO4/c1-28-11-12-7-13(17(25)26)9-16(8-12)24-18(27)19(5-6-19)14-3-2-4-15(10-14)20(21,22)23/h2-4,7-10H,5-6,11H2,1H3,(H,24,27)(H,25,26). The van der Waals surface area contributed by atoms with E-state index in [2.05, 4.69) is 5.32 Å². The number of ether oxygens (including phenoxy) is 1. The number of carboxylic acid groups (broad SMARTS) is 1. The highest BCUT2D eigenvalue weighted by molar-refractivity contribution is 6.02. The molecule has 0 bridgehead atoms. The fraction of sp³-hybridized carbons (Fsp3) is 0.300. The van der Waals surface area contributed by atoms with Crippen LogP contribution < -0.4 is 5.32 Å². The normalized spacial score (nSPS) is 15.1. The Morgan fingerprint density at radius 1 is 1.18 bits per heavy atom. The zero-order chi connectivity index (χ0) is 20.5. The number of alkyl halides is 3. The number of carboxylic acids is 1. The van der Waals surface area contributed by atoms with Gasteiger partial charge in [-0.1, -0.05) is 18.2 Å². The predicted molar refractivity (Wildman–Crippen MR) is 95.1 cm³/mol. The van der Waals surface area contributed by atoms with E-state index >= 15 is 0 Å². The predicted octanol–water partition coefficient (Wildman–Crippen LogP) is 4.22. The molecule has 0 spiro atoms. The Labute approximate surface area is 159 Å². The lowest BCUT2D eigenvalue weighted by Gasteiger charge is -2.18. The molecule has 1 aliphatic rings. The van der Waals surface area contributed by atoms with E-state index in [1.54, 1.807) is 6.07 Å². The molecule has 0 heterocycles. The average molecular weight is 393 g/mol. The molecule has 8 heteroatoms. The molecule has 0 aromatic heterocycles. The molecule has 1 saturated carbocycles. The Morgan fingerprint density at radius 3 is 2.46 bits per heavy atom. The molecule has 0 radical (unpaired) electrons. The number of nitrogens with one attached hydrogen (secondary N) is 1. The lowest BCUT2D eigenvalue weighted by molar-refractivity contribution is -0.137. The number of aromatic carboxylic acids is 1. The van der Waals surface area contributed by atoms with Crippen molar-refractivity contribution >= 4 is 17.6 Å². The van der Waals surface area contributed by atoms with E-state index in [1.165, 1.54) is 31.4 Å². The van der Waals surface area contributed by atoms with Gasteiger partial charge in [0.2, 0.25) is 5.91 Å². The quantitative estimate of drug-likeness (QED) is 0.771. The summed E-state index contributed by atoms with van der Waals surface area (Å²) < 4.78 is 44.0. The van der Waals surface area contributed by atoms with Crippen molar-refractivity contribution in [2.24, 2.45) is 0 Å². The van der Waals surface area contributed by atoms with Crippen LogP contribution in [0.3, 0.4) is 0 Å². The van der Waals surface area contributed by atoms with Crippen LogP contribution in [-0.2, 0) is 27.7 Å². The molecule has 0 saturated heterocycles. The second-order valence-corrected chi connectivity index (χ2v) is 6.77. The van der Waals surface area contributed by atoms with E-state index < -0.39 is 29.0 Å². The Hall–Kier alpha value is -2.87. The van der Waals surface area contributed by atoms with Gasteiger partial charge in [0, 0.05) is 12.8 Å². The molecule has 5 nitrogen and oxygen atoms in total. The monoisotopic (exact) mass is 393 g/mol. The average Bonchev–Trinajstić information content (AvgIpc) is 3.43. The van der Waals surface area contributed by atoms with Crippen LogP contribution in [0.2, 0.25) is 0 Å². The molecule has 1 aliphatic carbocycles. The lowest BCUT2D eigenvalue weighted by Crippen LogP contribution is -2.28. The first kappa shape index (κ1) is 19.9. The van der Waals surface area contributed by atoms with Gasteiger partial charge < -0.3 is 15.2 Å². The van der Waals surface area contributed by atoms with Crippen LogP contribution >= 0.6 is 0 Å². The first-order valence-corrected chi connectivity index (χ1v) is 8.51. The van der Waals surface area contributed by atoms with Crippen molar-refractivity contribution in [1.82, 2.24) is 0 Å². The Bertz CT molecular complexity index is 920. The number of hydrogen-bond donors (Lipinski definition) is 2. The number of rotatable bonds is 6. The van der Waals surface area contributed by atoms with Gasteiger partial charge >= 0.3 is 12.1 Å². The molecule has 1 amide bonds. The van der Waals surface area contributed by atoms with Crippen LogP contribution in [0, 0.1) is 0 Å². The number of anilines is 1. The molecule has 0 atom stereocenters. The van der Waals surface area contributed by atoms with Gasteiger partial charge in [-0.25, -0.2) is 4.79 Å². The van der Waals surface area contributed by atoms with Crippen LogP contribution in [0.4, 0.5) is 18.9 Å². The number of carbonyl (C=O) groups is 2. The van der Waals surface area contributed by atoms with Gasteiger partial charge in [-0.3, -0.25) is 4.79 Å². The summed E-state index contributed by atoms with van der Waals surface area (Å²) in [6.07, 6.45) is -3.65. The van der Waals surface area contributed by atoms with Crippen molar-refractivity contribution in [2.75, 3.05) is 12.4 Å². The zero-order valence-electron chi connectivity index (χ0n) is 15.0. The van der Waals surface area contributed by atoms with E-state index in [9.17, 15) is 27.9 Å². The lowest BCUT2D eigenvalue weighted by atomic mass is 9.93. The summed E-state index contributed by atoms with van der Waals surface area (Å²) in [5.41, 5.74) is -0.752. The minimum absolute atomic E-state index is 0.0197. The van der Waals surface area contributed by atoms with Crippen LogP contribution in [0.5, 0.6) is 0 Å². The third-order valence-electron chi connectivity index (χ3n) is 4.74. The number of hydrogen-bond acceptors (Lipinski definition) is 3. The molecule has 148 valence electrons. The summed E-state index contributed by atoms with van der Waals surface area (Å²) in [6, 6.07) is 9.07. The maximum Gasteiger partial charge on any atom is 0.416 e. The fourth-order valence-corrected chi connectivity index (χ4v) is 3.15. The number of amides is 1. The maximum atomic E-state index is 13.0. The first-order valence-electron chi connectivity index (χ1n) is 8.51. The molecular weight excluding hydrogens is 375 g/mol.